The van der Waals surface area contributed by atoms with Gasteiger partial charge in [0, 0.05) is 37.2 Å². The molecule has 2 heterocycles. The second kappa shape index (κ2) is 11.8. The Bertz CT molecular complexity index is 1610. The third-order valence-corrected chi connectivity index (χ3v) is 9.92. The summed E-state index contributed by atoms with van der Waals surface area (Å²) in [6.45, 7) is 2.38. The molecule has 0 radical (unpaired) electrons. The monoisotopic (exact) mass is 586 g/mol. The minimum atomic E-state index is -1.20. The van der Waals surface area contributed by atoms with Crippen molar-refractivity contribution >= 4 is 40.2 Å². The van der Waals surface area contributed by atoms with Gasteiger partial charge in [-0.15, -0.1) is 0 Å². The van der Waals surface area contributed by atoms with E-state index in [-0.39, 0.29) is 29.8 Å². The molecule has 4 fully saturated rings. The summed E-state index contributed by atoms with van der Waals surface area (Å²) in [6.07, 6.45) is 7.74. The number of hydrogen-bond donors (Lipinski definition) is 3. The average molecular weight is 587 g/mol. The lowest BCUT2D eigenvalue weighted by atomic mass is 9.52. The van der Waals surface area contributed by atoms with Crippen LogP contribution in [0.25, 0.3) is 11.0 Å². The maximum atomic E-state index is 13.5. The van der Waals surface area contributed by atoms with Crippen molar-refractivity contribution in [1.82, 2.24) is 15.2 Å². The Labute approximate surface area is 249 Å². The number of carbonyl (C=O) groups is 4. The zero-order valence-corrected chi connectivity index (χ0v) is 24.6. The molecule has 3 amide bonds. The molecule has 0 spiro atoms. The van der Waals surface area contributed by atoms with Crippen molar-refractivity contribution < 1.29 is 23.6 Å². The quantitative estimate of drug-likeness (QED) is 0.309. The summed E-state index contributed by atoms with van der Waals surface area (Å²) in [6, 6.07) is 9.30. The highest BCUT2D eigenvalue weighted by Crippen LogP contribution is 2.56. The zero-order chi connectivity index (χ0) is 30.2. The summed E-state index contributed by atoms with van der Waals surface area (Å²) in [5.41, 5.74) is 0.951. The van der Waals surface area contributed by atoms with Gasteiger partial charge in [-0.05, 0) is 93.2 Å². The summed E-state index contributed by atoms with van der Waals surface area (Å²) < 4.78 is 7.46. The van der Waals surface area contributed by atoms with Crippen LogP contribution in [-0.4, -0.2) is 41.2 Å². The molecule has 3 N–H and O–H groups in total. The Kier molecular flexibility index (Phi) is 7.94. The van der Waals surface area contributed by atoms with Crippen molar-refractivity contribution in [2.24, 2.45) is 29.6 Å². The van der Waals surface area contributed by atoms with Gasteiger partial charge in [0.25, 0.3) is 17.4 Å². The van der Waals surface area contributed by atoms with Gasteiger partial charge in [0.2, 0.25) is 11.7 Å². The van der Waals surface area contributed by atoms with Gasteiger partial charge in [-0.25, -0.2) is 0 Å². The first-order valence-electron chi connectivity index (χ1n) is 15.3. The number of para-hydroxylation sites is 1. The second-order valence-corrected chi connectivity index (χ2v) is 12.6. The molecule has 1 aromatic carbocycles. The first kappa shape index (κ1) is 28.9. The van der Waals surface area contributed by atoms with Crippen LogP contribution in [0.15, 0.2) is 51.8 Å². The van der Waals surface area contributed by atoms with Crippen LogP contribution in [0.4, 0.5) is 5.69 Å². The van der Waals surface area contributed by atoms with E-state index in [0.717, 1.165) is 17.2 Å². The lowest BCUT2D eigenvalue weighted by Crippen LogP contribution is -2.47. The Morgan fingerprint density at radius 1 is 0.977 bits per heavy atom. The summed E-state index contributed by atoms with van der Waals surface area (Å²) >= 11 is 0. The van der Waals surface area contributed by atoms with E-state index < -0.39 is 29.5 Å². The summed E-state index contributed by atoms with van der Waals surface area (Å²) in [5.74, 6) is 0.715. The van der Waals surface area contributed by atoms with E-state index >= 15 is 0 Å². The normalized spacial score (nSPS) is 24.5. The fraction of sp³-hybridized carbons (Fsp3) is 0.485. The lowest BCUT2D eigenvalue weighted by Gasteiger charge is -2.54. The van der Waals surface area contributed by atoms with Gasteiger partial charge >= 0.3 is 0 Å². The zero-order valence-electron chi connectivity index (χ0n) is 24.6. The number of fused-ring (bicyclic) bond motifs is 1. The highest BCUT2D eigenvalue weighted by molar-refractivity contribution is 6.36. The fourth-order valence-corrected chi connectivity index (χ4v) is 7.97. The van der Waals surface area contributed by atoms with E-state index in [1.54, 1.807) is 42.0 Å². The minimum absolute atomic E-state index is 0.0503. The molecule has 4 bridgehead atoms. The lowest BCUT2D eigenvalue weighted by molar-refractivity contribution is -0.137. The molecule has 4 saturated carbocycles. The van der Waals surface area contributed by atoms with Crippen LogP contribution < -0.4 is 21.5 Å². The number of nitrogens with zero attached hydrogens (tertiary/aromatic N) is 1. The van der Waals surface area contributed by atoms with E-state index in [2.05, 4.69) is 16.0 Å². The summed E-state index contributed by atoms with van der Waals surface area (Å²) in [4.78, 5) is 64.4. The number of hydrogen-bond acceptors (Lipinski definition) is 6. The molecule has 0 unspecified atom stereocenters. The number of pyridine rings is 1. The molecule has 1 atom stereocenters. The number of amides is 3. The maximum Gasteiger partial charge on any atom is 0.287 e. The van der Waals surface area contributed by atoms with E-state index in [1.807, 2.05) is 12.1 Å². The number of aromatic nitrogens is 1. The number of likely N-dealkylation sites (N-methyl/N-ethyl adjacent to an activating group) is 1. The van der Waals surface area contributed by atoms with Crippen LogP contribution >= 0.6 is 0 Å². The van der Waals surface area contributed by atoms with Crippen molar-refractivity contribution in [2.75, 3.05) is 12.4 Å². The van der Waals surface area contributed by atoms with Crippen molar-refractivity contribution in [3.8, 4) is 0 Å². The number of anilines is 1. The standard InChI is InChI=1S/C33H38N4O6/c1-18-23-6-3-4-8-28(23)43-29(18)32(41)35-25(9-10-27(38)31(40)34-2)30(39)36-26-7-5-11-37(33(26)42)17-24-21-13-19-12-20(15-21)16-22(24)14-19/h3-8,11,19-22,24-25H,9-10,12-17H2,1-2H3,(H,34,40)(H,35,41)(H,36,39)/t19?,20?,21?,22?,24?,25-/m0/s1. The maximum absolute atomic E-state index is 13.5. The molecular formula is C33H38N4O6. The number of Topliss-reactive ketones (excluding diaryl/α,β-unsaturated/α-hetero) is 1. The predicted octanol–water partition coefficient (Wildman–Crippen LogP) is 3.81. The van der Waals surface area contributed by atoms with Gasteiger partial charge in [0.1, 0.15) is 17.3 Å². The van der Waals surface area contributed by atoms with E-state index in [1.165, 1.54) is 39.2 Å². The molecule has 0 saturated heterocycles. The molecule has 0 aliphatic heterocycles. The third-order valence-electron chi connectivity index (χ3n) is 9.92. The van der Waals surface area contributed by atoms with Gasteiger partial charge in [-0.3, -0.25) is 24.0 Å². The summed E-state index contributed by atoms with van der Waals surface area (Å²) in [5, 5.41) is 8.40. The van der Waals surface area contributed by atoms with Crippen molar-refractivity contribution in [1.29, 1.82) is 0 Å². The van der Waals surface area contributed by atoms with Crippen LogP contribution in [-0.2, 0) is 20.9 Å². The fourth-order valence-electron chi connectivity index (χ4n) is 7.97. The van der Waals surface area contributed by atoms with Crippen LogP contribution in [0.1, 0.15) is 61.1 Å². The van der Waals surface area contributed by atoms with Crippen molar-refractivity contribution in [3.63, 3.8) is 0 Å². The van der Waals surface area contributed by atoms with E-state index in [9.17, 15) is 24.0 Å². The predicted molar refractivity (Wildman–Crippen MR) is 160 cm³/mol. The molecular weight excluding hydrogens is 548 g/mol. The largest absolute Gasteiger partial charge is 0.451 e. The number of carbonyl (C=O) groups excluding carboxylic acids is 4. The number of ketones is 1. The highest BCUT2D eigenvalue weighted by Gasteiger charge is 2.48. The first-order valence-corrected chi connectivity index (χ1v) is 15.3. The molecule has 4 aliphatic rings. The van der Waals surface area contributed by atoms with Crippen LogP contribution in [0.5, 0.6) is 0 Å². The van der Waals surface area contributed by atoms with Crippen LogP contribution in [0.3, 0.4) is 0 Å². The Morgan fingerprint density at radius 2 is 1.67 bits per heavy atom. The van der Waals surface area contributed by atoms with Crippen molar-refractivity contribution in [2.45, 2.75) is 64.5 Å². The molecule has 2 aromatic heterocycles. The SMILES string of the molecule is CNC(=O)C(=O)CC[C@H](NC(=O)c1oc2ccccc2c1C)C(=O)Nc1cccn(CC2C3CC4CC(C3)CC2C4)c1=O. The smallest absolute Gasteiger partial charge is 0.287 e. The van der Waals surface area contributed by atoms with Crippen LogP contribution in [0.2, 0.25) is 0 Å². The van der Waals surface area contributed by atoms with Gasteiger partial charge in [-0.2, -0.15) is 0 Å². The molecule has 226 valence electrons. The summed E-state index contributed by atoms with van der Waals surface area (Å²) in [7, 11) is 1.35. The van der Waals surface area contributed by atoms with Crippen LogP contribution in [0, 0.1) is 36.5 Å². The van der Waals surface area contributed by atoms with E-state index in [0.29, 0.717) is 35.4 Å². The van der Waals surface area contributed by atoms with Gasteiger partial charge in [0.05, 0.1) is 0 Å². The molecule has 4 aliphatic carbocycles. The highest BCUT2D eigenvalue weighted by atomic mass is 16.3. The Balaban J connectivity index is 1.19. The molecule has 10 nitrogen and oxygen atoms in total. The van der Waals surface area contributed by atoms with Gasteiger partial charge in [-0.1, -0.05) is 18.2 Å². The first-order chi connectivity index (χ1) is 20.7. The molecule has 43 heavy (non-hydrogen) atoms. The number of furan rings is 1. The number of benzene rings is 1. The number of rotatable bonds is 10. The molecule has 10 heteroatoms. The number of aryl methyl sites for hydroxylation is 1. The van der Waals surface area contributed by atoms with Gasteiger partial charge in [0.15, 0.2) is 5.76 Å². The minimum Gasteiger partial charge on any atom is -0.451 e. The molecule has 7 rings (SSSR count). The topological polar surface area (TPSA) is 140 Å². The Morgan fingerprint density at radius 3 is 2.35 bits per heavy atom. The van der Waals surface area contributed by atoms with E-state index in [4.69, 9.17) is 4.42 Å². The number of nitrogens with one attached hydrogen (secondary N) is 3. The molecule has 3 aromatic rings. The average Bonchev–Trinajstić information content (AvgIpc) is 3.34. The van der Waals surface area contributed by atoms with Gasteiger partial charge < -0.3 is 24.9 Å². The third kappa shape index (κ3) is 5.75. The Hall–Kier alpha value is -4.21. The van der Waals surface area contributed by atoms with Crippen molar-refractivity contribution in [3.05, 3.63) is 64.3 Å². The second-order valence-electron chi connectivity index (χ2n) is 12.6.